The Morgan fingerprint density at radius 3 is 2.58 bits per heavy atom. The fourth-order valence-electron chi connectivity index (χ4n) is 3.13. The number of nitrogens with one attached hydrogen (secondary N) is 2. The molecule has 2 aliphatic heterocycles. The van der Waals surface area contributed by atoms with Gasteiger partial charge in [-0.2, -0.15) is 0 Å². The molecule has 0 aliphatic carbocycles. The highest BCUT2D eigenvalue weighted by molar-refractivity contribution is 9.10. The SMILES string of the molecule is O=C(NC1CC2CCC(C1)N2)c1cc(F)cc(Br)c1. The number of benzene rings is 1. The highest BCUT2D eigenvalue weighted by Crippen LogP contribution is 2.27. The Balaban J connectivity index is 1.67. The monoisotopic (exact) mass is 326 g/mol. The summed E-state index contributed by atoms with van der Waals surface area (Å²) < 4.78 is 13.9. The van der Waals surface area contributed by atoms with E-state index in [1.54, 1.807) is 6.07 Å². The largest absolute Gasteiger partial charge is 0.349 e. The zero-order chi connectivity index (χ0) is 13.4. The van der Waals surface area contributed by atoms with Crippen LogP contribution in [0.4, 0.5) is 4.39 Å². The van der Waals surface area contributed by atoms with Gasteiger partial charge in [0, 0.05) is 28.2 Å². The number of hydrogen-bond acceptors (Lipinski definition) is 2. The molecule has 5 heteroatoms. The Morgan fingerprint density at radius 2 is 1.95 bits per heavy atom. The van der Waals surface area contributed by atoms with Crippen LogP contribution in [-0.4, -0.2) is 24.0 Å². The molecule has 2 heterocycles. The third-order valence-electron chi connectivity index (χ3n) is 3.93. The van der Waals surface area contributed by atoms with Crippen LogP contribution in [0.25, 0.3) is 0 Å². The quantitative estimate of drug-likeness (QED) is 0.877. The van der Waals surface area contributed by atoms with Gasteiger partial charge in [-0.1, -0.05) is 15.9 Å². The van der Waals surface area contributed by atoms with E-state index in [-0.39, 0.29) is 11.9 Å². The van der Waals surface area contributed by atoms with Crippen LogP contribution in [0.1, 0.15) is 36.0 Å². The van der Waals surface area contributed by atoms with E-state index in [0.29, 0.717) is 22.1 Å². The Kier molecular flexibility index (Phi) is 3.58. The summed E-state index contributed by atoms with van der Waals surface area (Å²) in [6.07, 6.45) is 4.34. The number of fused-ring (bicyclic) bond motifs is 2. The maximum atomic E-state index is 13.3. The summed E-state index contributed by atoms with van der Waals surface area (Å²) in [7, 11) is 0. The van der Waals surface area contributed by atoms with Gasteiger partial charge in [0.05, 0.1) is 0 Å². The molecule has 2 bridgehead atoms. The number of hydrogen-bond donors (Lipinski definition) is 2. The second-order valence-corrected chi connectivity index (χ2v) is 6.35. The molecule has 2 N–H and O–H groups in total. The lowest BCUT2D eigenvalue weighted by atomic mass is 9.99. The van der Waals surface area contributed by atoms with Gasteiger partial charge in [-0.15, -0.1) is 0 Å². The van der Waals surface area contributed by atoms with E-state index in [2.05, 4.69) is 26.6 Å². The molecule has 0 saturated carbocycles. The average Bonchev–Trinajstić information content (AvgIpc) is 2.67. The van der Waals surface area contributed by atoms with Crippen LogP contribution in [0.15, 0.2) is 22.7 Å². The summed E-state index contributed by atoms with van der Waals surface area (Å²) in [5.41, 5.74) is 0.373. The van der Waals surface area contributed by atoms with Crippen LogP contribution in [-0.2, 0) is 0 Å². The second-order valence-electron chi connectivity index (χ2n) is 5.44. The van der Waals surface area contributed by atoms with Gasteiger partial charge in [-0.3, -0.25) is 4.79 Å². The molecule has 2 fully saturated rings. The Hall–Kier alpha value is -0.940. The number of piperidine rings is 1. The van der Waals surface area contributed by atoms with Gasteiger partial charge in [0.25, 0.3) is 5.91 Å². The van der Waals surface area contributed by atoms with Gasteiger partial charge in [-0.05, 0) is 43.9 Å². The Labute approximate surface area is 120 Å². The van der Waals surface area contributed by atoms with Crippen LogP contribution in [0.5, 0.6) is 0 Å². The Morgan fingerprint density at radius 1 is 1.26 bits per heavy atom. The van der Waals surface area contributed by atoms with Crippen molar-refractivity contribution in [3.8, 4) is 0 Å². The number of carbonyl (C=O) groups is 1. The first-order chi connectivity index (χ1) is 9.10. The predicted octanol–water partition coefficient (Wildman–Crippen LogP) is 2.60. The molecule has 0 radical (unpaired) electrons. The molecule has 102 valence electrons. The van der Waals surface area contributed by atoms with Crippen molar-refractivity contribution in [1.29, 1.82) is 0 Å². The molecule has 19 heavy (non-hydrogen) atoms. The zero-order valence-electron chi connectivity index (χ0n) is 10.5. The number of rotatable bonds is 2. The lowest BCUT2D eigenvalue weighted by Gasteiger charge is -2.29. The highest BCUT2D eigenvalue weighted by Gasteiger charge is 2.34. The third kappa shape index (κ3) is 2.98. The van der Waals surface area contributed by atoms with Gasteiger partial charge in [0.2, 0.25) is 0 Å². The van der Waals surface area contributed by atoms with Crippen LogP contribution in [0.3, 0.4) is 0 Å². The van der Waals surface area contributed by atoms with E-state index in [0.717, 1.165) is 12.8 Å². The van der Waals surface area contributed by atoms with Crippen molar-refractivity contribution in [3.63, 3.8) is 0 Å². The van der Waals surface area contributed by atoms with Gasteiger partial charge in [-0.25, -0.2) is 4.39 Å². The smallest absolute Gasteiger partial charge is 0.251 e. The van der Waals surface area contributed by atoms with Gasteiger partial charge in [0.1, 0.15) is 5.82 Å². The fraction of sp³-hybridized carbons (Fsp3) is 0.500. The van der Waals surface area contributed by atoms with Crippen LogP contribution < -0.4 is 10.6 Å². The molecule has 2 aliphatic rings. The molecular weight excluding hydrogens is 311 g/mol. The molecule has 3 nitrogen and oxygen atoms in total. The van der Waals surface area contributed by atoms with Crippen molar-refractivity contribution >= 4 is 21.8 Å². The first-order valence-electron chi connectivity index (χ1n) is 6.63. The molecular formula is C14H16BrFN2O. The molecule has 2 atom stereocenters. The Bertz CT molecular complexity index is 476. The van der Waals surface area contributed by atoms with Crippen LogP contribution >= 0.6 is 15.9 Å². The highest BCUT2D eigenvalue weighted by atomic mass is 79.9. The summed E-state index contributed by atoms with van der Waals surface area (Å²) in [5, 5.41) is 6.56. The molecule has 2 saturated heterocycles. The molecule has 3 rings (SSSR count). The topological polar surface area (TPSA) is 41.1 Å². The summed E-state index contributed by atoms with van der Waals surface area (Å²) in [6, 6.07) is 5.53. The minimum Gasteiger partial charge on any atom is -0.349 e. The van der Waals surface area contributed by atoms with E-state index >= 15 is 0 Å². The number of halogens is 2. The van der Waals surface area contributed by atoms with Gasteiger partial charge >= 0.3 is 0 Å². The van der Waals surface area contributed by atoms with Crippen molar-refractivity contribution in [3.05, 3.63) is 34.1 Å². The maximum absolute atomic E-state index is 13.3. The van der Waals surface area contributed by atoms with E-state index in [1.807, 2.05) is 0 Å². The molecule has 1 aromatic rings. The number of amides is 1. The van der Waals surface area contributed by atoms with Crippen LogP contribution in [0.2, 0.25) is 0 Å². The molecule has 2 unspecified atom stereocenters. The minimum atomic E-state index is -0.398. The lowest BCUT2D eigenvalue weighted by Crippen LogP contribution is -2.48. The second kappa shape index (κ2) is 5.21. The third-order valence-corrected chi connectivity index (χ3v) is 4.39. The van der Waals surface area contributed by atoms with Crippen molar-refractivity contribution in [1.82, 2.24) is 10.6 Å². The van der Waals surface area contributed by atoms with E-state index in [4.69, 9.17) is 0 Å². The maximum Gasteiger partial charge on any atom is 0.251 e. The molecule has 0 aromatic heterocycles. The van der Waals surface area contributed by atoms with Gasteiger partial charge < -0.3 is 10.6 Å². The van der Waals surface area contributed by atoms with Crippen molar-refractivity contribution in [2.75, 3.05) is 0 Å². The summed E-state index contributed by atoms with van der Waals surface area (Å²) in [4.78, 5) is 12.1. The predicted molar refractivity (Wildman–Crippen MR) is 74.5 cm³/mol. The van der Waals surface area contributed by atoms with Crippen LogP contribution in [0, 0.1) is 5.82 Å². The van der Waals surface area contributed by atoms with Crippen molar-refractivity contribution < 1.29 is 9.18 Å². The van der Waals surface area contributed by atoms with E-state index < -0.39 is 5.82 Å². The van der Waals surface area contributed by atoms with Gasteiger partial charge in [0.15, 0.2) is 0 Å². The fourth-order valence-corrected chi connectivity index (χ4v) is 3.59. The first kappa shape index (κ1) is 13.1. The van der Waals surface area contributed by atoms with E-state index in [9.17, 15) is 9.18 Å². The summed E-state index contributed by atoms with van der Waals surface area (Å²) in [5.74, 6) is -0.587. The lowest BCUT2D eigenvalue weighted by molar-refractivity contribution is 0.0923. The van der Waals surface area contributed by atoms with Crippen molar-refractivity contribution in [2.45, 2.75) is 43.8 Å². The standard InChI is InChI=1S/C14H16BrFN2O/c15-9-3-8(4-10(16)5-9)14(19)18-13-6-11-1-2-12(7-13)17-11/h3-5,11-13,17H,1-2,6-7H2,(H,18,19). The van der Waals surface area contributed by atoms with Crippen molar-refractivity contribution in [2.24, 2.45) is 0 Å². The van der Waals surface area contributed by atoms with E-state index in [1.165, 1.54) is 25.0 Å². The minimum absolute atomic E-state index is 0.188. The first-order valence-corrected chi connectivity index (χ1v) is 7.42. The number of carbonyl (C=O) groups excluding carboxylic acids is 1. The normalized spacial score (nSPS) is 29.3. The molecule has 1 aromatic carbocycles. The molecule has 0 spiro atoms. The average molecular weight is 327 g/mol. The summed E-state index contributed by atoms with van der Waals surface area (Å²) >= 11 is 3.21. The molecule has 1 amide bonds. The summed E-state index contributed by atoms with van der Waals surface area (Å²) in [6.45, 7) is 0. The zero-order valence-corrected chi connectivity index (χ0v) is 12.0.